The van der Waals surface area contributed by atoms with Gasteiger partial charge in [-0.25, -0.2) is 0 Å². The van der Waals surface area contributed by atoms with Crippen molar-refractivity contribution in [2.45, 2.75) is 6.54 Å². The summed E-state index contributed by atoms with van der Waals surface area (Å²) in [6, 6.07) is 10.6. The molecule has 1 fully saturated rings. The summed E-state index contributed by atoms with van der Waals surface area (Å²) in [7, 11) is 0. The zero-order valence-electron chi connectivity index (χ0n) is 11.8. The summed E-state index contributed by atoms with van der Waals surface area (Å²) in [5, 5.41) is 3.41. The van der Waals surface area contributed by atoms with Crippen LogP contribution < -0.4 is 10.2 Å². The van der Waals surface area contributed by atoms with E-state index in [-0.39, 0.29) is 0 Å². The summed E-state index contributed by atoms with van der Waals surface area (Å²) in [6.07, 6.45) is 3.67. The number of hydrogen-bond donors (Lipinski definition) is 1. The molecule has 1 aromatic heterocycles. The topological polar surface area (TPSA) is 37.4 Å². The molecular weight excluding hydrogens is 330 g/mol. The lowest BCUT2D eigenvalue weighted by atomic mass is 10.2. The van der Waals surface area contributed by atoms with E-state index in [2.05, 4.69) is 61.5 Å². The second kappa shape index (κ2) is 6.91. The Bertz CT molecular complexity index is 582. The van der Waals surface area contributed by atoms with Crippen LogP contribution in [0, 0.1) is 0 Å². The standard InChI is InChI=1S/C16H18BrN3O/c17-14-9-13(10-18-12-14)11-19-15-1-3-16(4-2-15)20-5-7-21-8-6-20/h1-4,9-10,12,19H,5-8,11H2. The minimum atomic E-state index is 0.767. The van der Waals surface area contributed by atoms with Crippen LogP contribution >= 0.6 is 15.9 Å². The summed E-state index contributed by atoms with van der Waals surface area (Å²) in [5.41, 5.74) is 3.53. The second-order valence-corrected chi connectivity index (χ2v) is 5.93. The molecule has 1 aliphatic heterocycles. The molecule has 4 nitrogen and oxygen atoms in total. The number of anilines is 2. The Morgan fingerprint density at radius 2 is 1.90 bits per heavy atom. The van der Waals surface area contributed by atoms with Crippen LogP contribution in [-0.2, 0) is 11.3 Å². The van der Waals surface area contributed by atoms with Gasteiger partial charge in [-0.2, -0.15) is 0 Å². The molecule has 0 spiro atoms. The summed E-state index contributed by atoms with van der Waals surface area (Å²) >= 11 is 3.44. The number of aromatic nitrogens is 1. The van der Waals surface area contributed by atoms with Gasteiger partial charge in [-0.1, -0.05) is 0 Å². The largest absolute Gasteiger partial charge is 0.381 e. The van der Waals surface area contributed by atoms with Crippen LogP contribution in [0.15, 0.2) is 47.2 Å². The van der Waals surface area contributed by atoms with Gasteiger partial charge in [0.15, 0.2) is 0 Å². The number of benzene rings is 1. The Morgan fingerprint density at radius 3 is 2.62 bits per heavy atom. The second-order valence-electron chi connectivity index (χ2n) is 5.01. The molecule has 110 valence electrons. The van der Waals surface area contributed by atoms with E-state index in [1.807, 2.05) is 6.20 Å². The van der Waals surface area contributed by atoms with E-state index in [1.165, 1.54) is 5.69 Å². The fourth-order valence-electron chi connectivity index (χ4n) is 2.37. The van der Waals surface area contributed by atoms with Crippen LogP contribution in [0.2, 0.25) is 0 Å². The van der Waals surface area contributed by atoms with E-state index in [4.69, 9.17) is 4.74 Å². The lowest BCUT2D eigenvalue weighted by Crippen LogP contribution is -2.36. The van der Waals surface area contributed by atoms with E-state index >= 15 is 0 Å². The highest BCUT2D eigenvalue weighted by molar-refractivity contribution is 9.10. The Morgan fingerprint density at radius 1 is 1.14 bits per heavy atom. The molecule has 2 aromatic rings. The van der Waals surface area contributed by atoms with Crippen molar-refractivity contribution < 1.29 is 4.74 Å². The van der Waals surface area contributed by atoms with Gasteiger partial charge < -0.3 is 15.0 Å². The number of pyridine rings is 1. The highest BCUT2D eigenvalue weighted by Gasteiger charge is 2.10. The van der Waals surface area contributed by atoms with Gasteiger partial charge >= 0.3 is 0 Å². The molecule has 3 rings (SSSR count). The maximum absolute atomic E-state index is 5.38. The minimum Gasteiger partial charge on any atom is -0.381 e. The Hall–Kier alpha value is -1.59. The maximum Gasteiger partial charge on any atom is 0.0642 e. The monoisotopic (exact) mass is 347 g/mol. The van der Waals surface area contributed by atoms with Gasteiger partial charge in [0.1, 0.15) is 0 Å². The molecule has 5 heteroatoms. The van der Waals surface area contributed by atoms with Crippen molar-refractivity contribution in [3.8, 4) is 0 Å². The number of nitrogens with zero attached hydrogens (tertiary/aromatic N) is 2. The first-order valence-corrected chi connectivity index (χ1v) is 7.86. The quantitative estimate of drug-likeness (QED) is 0.920. The number of ether oxygens (including phenoxy) is 1. The van der Waals surface area contributed by atoms with E-state index in [0.29, 0.717) is 0 Å². The average molecular weight is 348 g/mol. The number of nitrogens with one attached hydrogen (secondary N) is 1. The predicted molar refractivity (Wildman–Crippen MR) is 88.7 cm³/mol. The smallest absolute Gasteiger partial charge is 0.0642 e. The number of rotatable bonds is 4. The van der Waals surface area contributed by atoms with Crippen molar-refractivity contribution in [3.63, 3.8) is 0 Å². The maximum atomic E-state index is 5.38. The van der Waals surface area contributed by atoms with E-state index in [0.717, 1.165) is 48.6 Å². The molecule has 2 heterocycles. The van der Waals surface area contributed by atoms with E-state index in [1.54, 1.807) is 6.20 Å². The first-order valence-electron chi connectivity index (χ1n) is 7.07. The first kappa shape index (κ1) is 14.4. The molecule has 0 amide bonds. The van der Waals surface area contributed by atoms with Gasteiger partial charge in [0.25, 0.3) is 0 Å². The molecule has 0 radical (unpaired) electrons. The molecule has 1 saturated heterocycles. The molecule has 0 atom stereocenters. The molecule has 1 N–H and O–H groups in total. The van der Waals surface area contributed by atoms with Crippen LogP contribution in [0.3, 0.4) is 0 Å². The highest BCUT2D eigenvalue weighted by atomic mass is 79.9. The third-order valence-electron chi connectivity index (χ3n) is 3.50. The number of morpholine rings is 1. The molecule has 0 aliphatic carbocycles. The van der Waals surface area contributed by atoms with E-state index < -0.39 is 0 Å². The summed E-state index contributed by atoms with van der Waals surface area (Å²) < 4.78 is 6.38. The third kappa shape index (κ3) is 3.95. The van der Waals surface area contributed by atoms with Crippen LogP contribution in [0.5, 0.6) is 0 Å². The highest BCUT2D eigenvalue weighted by Crippen LogP contribution is 2.19. The van der Waals surface area contributed by atoms with Crippen molar-refractivity contribution >= 4 is 27.3 Å². The SMILES string of the molecule is Brc1cncc(CNc2ccc(N3CCOCC3)cc2)c1. The lowest BCUT2D eigenvalue weighted by Gasteiger charge is -2.28. The van der Waals surface area contributed by atoms with Gasteiger partial charge in [-0.3, -0.25) is 4.98 Å². The van der Waals surface area contributed by atoms with Gasteiger partial charge in [-0.05, 0) is 51.8 Å². The van der Waals surface area contributed by atoms with E-state index in [9.17, 15) is 0 Å². The summed E-state index contributed by atoms with van der Waals surface area (Å²) in [6.45, 7) is 4.34. The molecule has 21 heavy (non-hydrogen) atoms. The van der Waals surface area contributed by atoms with Crippen molar-refractivity contribution in [2.75, 3.05) is 36.5 Å². The number of hydrogen-bond acceptors (Lipinski definition) is 4. The Kier molecular flexibility index (Phi) is 4.72. The molecule has 0 bridgehead atoms. The lowest BCUT2D eigenvalue weighted by molar-refractivity contribution is 0.122. The molecule has 1 aliphatic rings. The molecule has 0 unspecified atom stereocenters. The fraction of sp³-hybridized carbons (Fsp3) is 0.312. The minimum absolute atomic E-state index is 0.767. The predicted octanol–water partition coefficient (Wildman–Crippen LogP) is 3.29. The first-order chi connectivity index (χ1) is 10.3. The Labute approximate surface area is 133 Å². The van der Waals surface area contributed by atoms with Crippen molar-refractivity contribution in [3.05, 3.63) is 52.8 Å². The average Bonchev–Trinajstić information content (AvgIpc) is 2.54. The number of halogens is 1. The fourth-order valence-corrected chi connectivity index (χ4v) is 2.78. The molecular formula is C16H18BrN3O. The summed E-state index contributed by atoms with van der Waals surface area (Å²) in [4.78, 5) is 6.52. The Balaban J connectivity index is 1.59. The van der Waals surface area contributed by atoms with Gasteiger partial charge in [0.2, 0.25) is 0 Å². The van der Waals surface area contributed by atoms with Crippen molar-refractivity contribution in [1.82, 2.24) is 4.98 Å². The van der Waals surface area contributed by atoms with Crippen molar-refractivity contribution in [2.24, 2.45) is 0 Å². The molecule has 0 saturated carbocycles. The zero-order chi connectivity index (χ0) is 14.5. The molecule has 1 aromatic carbocycles. The van der Waals surface area contributed by atoms with Gasteiger partial charge in [0, 0.05) is 47.9 Å². The normalized spacial score (nSPS) is 15.0. The van der Waals surface area contributed by atoms with Crippen LogP contribution in [0.4, 0.5) is 11.4 Å². The van der Waals surface area contributed by atoms with Crippen LogP contribution in [0.1, 0.15) is 5.56 Å². The third-order valence-corrected chi connectivity index (χ3v) is 3.94. The van der Waals surface area contributed by atoms with Crippen molar-refractivity contribution in [1.29, 1.82) is 0 Å². The zero-order valence-corrected chi connectivity index (χ0v) is 13.3. The van der Waals surface area contributed by atoms with Crippen LogP contribution in [0.25, 0.3) is 0 Å². The summed E-state index contributed by atoms with van der Waals surface area (Å²) in [5.74, 6) is 0. The van der Waals surface area contributed by atoms with Gasteiger partial charge in [-0.15, -0.1) is 0 Å². The van der Waals surface area contributed by atoms with Gasteiger partial charge in [0.05, 0.1) is 13.2 Å². The van der Waals surface area contributed by atoms with Crippen LogP contribution in [-0.4, -0.2) is 31.3 Å².